The predicted molar refractivity (Wildman–Crippen MR) is 133 cm³/mol. The molecule has 0 bridgehead atoms. The van der Waals surface area contributed by atoms with Crippen LogP contribution in [0.2, 0.25) is 0 Å². The third kappa shape index (κ3) is 6.15. The summed E-state index contributed by atoms with van der Waals surface area (Å²) in [5.74, 6) is -2.41. The normalized spacial score (nSPS) is 14.7. The molecule has 1 aromatic carbocycles. The van der Waals surface area contributed by atoms with Crippen LogP contribution in [0, 0.1) is 10.1 Å². The quantitative estimate of drug-likeness (QED) is 0.150. The van der Waals surface area contributed by atoms with Gasteiger partial charge in [-0.05, 0) is 46.9 Å². The molecule has 0 spiro atoms. The Kier molecular flexibility index (Phi) is 7.94. The van der Waals surface area contributed by atoms with Gasteiger partial charge in [-0.25, -0.2) is 0 Å². The minimum atomic E-state index is -1.29. The first-order chi connectivity index (χ1) is 16.0. The Labute approximate surface area is 205 Å². The predicted octanol–water partition coefficient (Wildman–Crippen LogP) is 5.10. The highest BCUT2D eigenvalue weighted by molar-refractivity contribution is 6.29. The van der Waals surface area contributed by atoms with Gasteiger partial charge in [0.15, 0.2) is 0 Å². The average Bonchev–Trinajstić information content (AvgIpc) is 2.73. The second kappa shape index (κ2) is 10.0. The van der Waals surface area contributed by atoms with E-state index in [-0.39, 0.29) is 22.1 Å². The van der Waals surface area contributed by atoms with Crippen LogP contribution >= 0.6 is 0 Å². The van der Waals surface area contributed by atoms with Gasteiger partial charge in [-0.15, -0.1) is 5.12 Å². The summed E-state index contributed by atoms with van der Waals surface area (Å²) in [6, 6.07) is 2.85. The summed E-state index contributed by atoms with van der Waals surface area (Å²) < 4.78 is 15.8. The van der Waals surface area contributed by atoms with Crippen molar-refractivity contribution in [1.29, 1.82) is 0 Å². The van der Waals surface area contributed by atoms with E-state index < -0.39 is 38.7 Å². The SMILES string of the molecule is CN(C)/C=C(\C(=O)C1=CCCC=C1[N+](=O)[O-])C(=O)N(F)c1cc(O)c(C(C)(C)C)cc1C(C)(C)C. The number of phenols is 1. The second-order valence-corrected chi connectivity index (χ2v) is 10.8. The van der Waals surface area contributed by atoms with Gasteiger partial charge in [0, 0.05) is 26.4 Å². The number of carbonyl (C=O) groups excluding carboxylic acids is 2. The number of phenolic OH excluding ortho intramolecular Hbond substituents is 1. The zero-order chi connectivity index (χ0) is 26.9. The van der Waals surface area contributed by atoms with Crippen LogP contribution in [0.4, 0.5) is 10.2 Å². The fourth-order valence-electron chi connectivity index (χ4n) is 3.81. The van der Waals surface area contributed by atoms with Crippen molar-refractivity contribution in [2.75, 3.05) is 19.2 Å². The number of anilines is 1. The third-order valence-electron chi connectivity index (χ3n) is 5.55. The van der Waals surface area contributed by atoms with E-state index in [0.717, 1.165) is 6.20 Å². The van der Waals surface area contributed by atoms with E-state index in [1.807, 2.05) is 41.5 Å². The fourth-order valence-corrected chi connectivity index (χ4v) is 3.81. The van der Waals surface area contributed by atoms with Crippen molar-refractivity contribution in [3.8, 4) is 5.75 Å². The lowest BCUT2D eigenvalue weighted by atomic mass is 9.79. The zero-order valence-corrected chi connectivity index (χ0v) is 21.6. The van der Waals surface area contributed by atoms with E-state index in [4.69, 9.17) is 0 Å². The van der Waals surface area contributed by atoms with Crippen LogP contribution in [0.1, 0.15) is 65.5 Å². The maximum Gasteiger partial charge on any atom is 0.291 e. The second-order valence-electron chi connectivity index (χ2n) is 10.8. The maximum absolute atomic E-state index is 15.8. The molecule has 1 N–H and O–H groups in total. The number of benzene rings is 1. The van der Waals surface area contributed by atoms with Crippen LogP contribution in [0.15, 0.2) is 47.3 Å². The van der Waals surface area contributed by atoms with Crippen LogP contribution in [0.25, 0.3) is 0 Å². The van der Waals surface area contributed by atoms with Crippen LogP contribution in [0.5, 0.6) is 5.75 Å². The molecule has 0 aliphatic heterocycles. The number of allylic oxidation sites excluding steroid dienone is 3. The summed E-state index contributed by atoms with van der Waals surface area (Å²) in [5, 5.41) is 21.9. The molecule has 0 fully saturated rings. The Morgan fingerprint density at radius 1 is 1.03 bits per heavy atom. The van der Waals surface area contributed by atoms with E-state index in [1.54, 1.807) is 20.2 Å². The van der Waals surface area contributed by atoms with Gasteiger partial charge in [0.05, 0.1) is 16.2 Å². The molecule has 0 unspecified atom stereocenters. The van der Waals surface area contributed by atoms with E-state index in [1.165, 1.54) is 23.1 Å². The van der Waals surface area contributed by atoms with Crippen LogP contribution in [0.3, 0.4) is 0 Å². The summed E-state index contributed by atoms with van der Waals surface area (Å²) in [4.78, 5) is 38.8. The molecule has 35 heavy (non-hydrogen) atoms. The van der Waals surface area contributed by atoms with Crippen molar-refractivity contribution < 1.29 is 24.1 Å². The molecule has 1 aliphatic carbocycles. The number of ketones is 1. The van der Waals surface area contributed by atoms with E-state index in [9.17, 15) is 24.8 Å². The first-order valence-corrected chi connectivity index (χ1v) is 11.3. The Morgan fingerprint density at radius 3 is 2.06 bits per heavy atom. The molecule has 0 heterocycles. The summed E-state index contributed by atoms with van der Waals surface area (Å²) in [5.41, 5.74) is -1.46. The molecular weight excluding hydrogens is 453 g/mol. The molecule has 1 aromatic rings. The largest absolute Gasteiger partial charge is 0.508 e. The molecule has 0 radical (unpaired) electrons. The van der Waals surface area contributed by atoms with Gasteiger partial charge in [0.2, 0.25) is 5.78 Å². The first kappa shape index (κ1) is 27.8. The number of Topliss-reactive ketones (excluding diaryl/α,β-unsaturated/α-hetero) is 1. The molecule has 0 saturated carbocycles. The molecule has 8 nitrogen and oxygen atoms in total. The number of carbonyl (C=O) groups is 2. The topological polar surface area (TPSA) is 104 Å². The summed E-state index contributed by atoms with van der Waals surface area (Å²) >= 11 is 0. The Bertz CT molecular complexity index is 1130. The molecule has 1 aliphatic rings. The third-order valence-corrected chi connectivity index (χ3v) is 5.55. The summed E-state index contributed by atoms with van der Waals surface area (Å²) in [6.07, 6.45) is 4.63. The number of aromatic hydroxyl groups is 1. The Balaban J connectivity index is 2.64. The standard InChI is InChI=1S/C26H34FN3O5/c1-25(2,3)18-13-19(26(4,5)6)22(31)14-21(18)29(27)24(33)17(15-28(7)8)23(32)16-11-9-10-12-20(16)30(34)35/h11-15,31H,9-10H2,1-8H3/b17-15+. The average molecular weight is 488 g/mol. The smallest absolute Gasteiger partial charge is 0.291 e. The minimum absolute atomic E-state index is 0.168. The van der Waals surface area contributed by atoms with Gasteiger partial charge in [-0.1, -0.05) is 52.1 Å². The van der Waals surface area contributed by atoms with Gasteiger partial charge in [0.25, 0.3) is 11.6 Å². The number of nitro groups is 1. The Hall–Kier alpha value is -3.49. The number of hydrogen-bond acceptors (Lipinski definition) is 6. The van der Waals surface area contributed by atoms with Crippen LogP contribution in [-0.4, -0.2) is 40.7 Å². The Morgan fingerprint density at radius 2 is 1.57 bits per heavy atom. The van der Waals surface area contributed by atoms with E-state index >= 15 is 4.48 Å². The molecular formula is C26H34FN3O5. The van der Waals surface area contributed by atoms with Gasteiger partial charge in [0.1, 0.15) is 11.3 Å². The molecule has 9 heteroatoms. The van der Waals surface area contributed by atoms with E-state index in [0.29, 0.717) is 24.0 Å². The highest BCUT2D eigenvalue weighted by atomic mass is 19.2. The van der Waals surface area contributed by atoms with Crippen LogP contribution < -0.4 is 5.12 Å². The monoisotopic (exact) mass is 487 g/mol. The number of hydrogen-bond donors (Lipinski definition) is 1. The number of halogens is 1. The number of rotatable bonds is 6. The summed E-state index contributed by atoms with van der Waals surface area (Å²) in [6.45, 7) is 11.2. The number of amides is 1. The molecule has 2 rings (SSSR count). The number of nitrogens with zero attached hydrogens (tertiary/aromatic N) is 3. The lowest BCUT2D eigenvalue weighted by Crippen LogP contribution is -2.32. The highest BCUT2D eigenvalue weighted by Crippen LogP contribution is 2.41. The van der Waals surface area contributed by atoms with Gasteiger partial charge in [-0.2, -0.15) is 0 Å². The van der Waals surface area contributed by atoms with E-state index in [2.05, 4.69) is 0 Å². The highest BCUT2D eigenvalue weighted by Gasteiger charge is 2.36. The van der Waals surface area contributed by atoms with Crippen molar-refractivity contribution in [2.45, 2.75) is 65.2 Å². The lowest BCUT2D eigenvalue weighted by molar-refractivity contribution is -0.420. The minimum Gasteiger partial charge on any atom is -0.508 e. The van der Waals surface area contributed by atoms with Crippen molar-refractivity contribution in [3.05, 3.63) is 68.6 Å². The van der Waals surface area contributed by atoms with Gasteiger partial charge in [-0.3, -0.25) is 19.7 Å². The molecule has 190 valence electrons. The molecule has 0 saturated heterocycles. The molecule has 1 amide bonds. The van der Waals surface area contributed by atoms with Gasteiger partial charge >= 0.3 is 0 Å². The lowest BCUT2D eigenvalue weighted by Gasteiger charge is -2.29. The first-order valence-electron chi connectivity index (χ1n) is 11.3. The zero-order valence-electron chi connectivity index (χ0n) is 21.6. The van der Waals surface area contributed by atoms with Crippen molar-refractivity contribution >= 4 is 17.4 Å². The maximum atomic E-state index is 15.8. The van der Waals surface area contributed by atoms with Crippen molar-refractivity contribution in [1.82, 2.24) is 4.90 Å². The van der Waals surface area contributed by atoms with Crippen molar-refractivity contribution in [3.63, 3.8) is 0 Å². The molecule has 0 atom stereocenters. The van der Waals surface area contributed by atoms with Crippen LogP contribution in [-0.2, 0) is 20.4 Å². The van der Waals surface area contributed by atoms with Gasteiger partial charge < -0.3 is 10.0 Å². The summed E-state index contributed by atoms with van der Waals surface area (Å²) in [7, 11) is 3.10. The molecule has 0 aromatic heterocycles. The van der Waals surface area contributed by atoms with Crippen molar-refractivity contribution in [2.24, 2.45) is 0 Å². The fraction of sp³-hybridized carbons (Fsp3) is 0.462.